The van der Waals surface area contributed by atoms with Gasteiger partial charge < -0.3 is 4.57 Å². The van der Waals surface area contributed by atoms with Crippen molar-refractivity contribution in [1.82, 2.24) is 9.55 Å². The van der Waals surface area contributed by atoms with Crippen LogP contribution >= 0.6 is 27.3 Å². The molecule has 0 aliphatic heterocycles. The van der Waals surface area contributed by atoms with Gasteiger partial charge in [0.15, 0.2) is 4.80 Å². The Labute approximate surface area is 141 Å². The Morgan fingerprint density at radius 2 is 2.14 bits per heavy atom. The molecule has 5 heteroatoms. The highest BCUT2D eigenvalue weighted by atomic mass is 79.9. The van der Waals surface area contributed by atoms with E-state index in [0.29, 0.717) is 6.04 Å². The minimum absolute atomic E-state index is 0.579. The Bertz CT molecular complexity index is 863. The summed E-state index contributed by atoms with van der Waals surface area (Å²) in [5, 5.41) is 2.20. The summed E-state index contributed by atoms with van der Waals surface area (Å²) in [7, 11) is 0. The van der Waals surface area contributed by atoms with Gasteiger partial charge in [0.1, 0.15) is 0 Å². The fourth-order valence-electron chi connectivity index (χ4n) is 2.48. The smallest absolute Gasteiger partial charge is 0.190 e. The maximum absolute atomic E-state index is 4.78. The molecule has 3 nitrogen and oxygen atoms in total. The third kappa shape index (κ3) is 2.78. The van der Waals surface area contributed by atoms with E-state index >= 15 is 0 Å². The lowest BCUT2D eigenvalue weighted by Crippen LogP contribution is -2.14. The second kappa shape index (κ2) is 5.82. The molecule has 0 unspecified atom stereocenters. The average Bonchev–Trinajstić information content (AvgIpc) is 3.29. The molecule has 1 fully saturated rings. The van der Waals surface area contributed by atoms with Gasteiger partial charge >= 0.3 is 0 Å². The summed E-state index contributed by atoms with van der Waals surface area (Å²) in [6, 6.07) is 12.9. The van der Waals surface area contributed by atoms with Gasteiger partial charge in [0.05, 0.1) is 17.6 Å². The Morgan fingerprint density at radius 3 is 2.86 bits per heavy atom. The molecule has 1 aromatic carbocycles. The molecule has 3 aromatic rings. The molecule has 0 N–H and O–H groups in total. The molecule has 1 aliphatic carbocycles. The zero-order valence-electron chi connectivity index (χ0n) is 11.8. The molecule has 0 amide bonds. The molecule has 2 aromatic heterocycles. The van der Waals surface area contributed by atoms with E-state index in [1.54, 1.807) is 23.7 Å². The number of pyridine rings is 1. The number of aromatic nitrogens is 2. The number of benzene rings is 1. The fraction of sp³-hybridized carbons (Fsp3) is 0.176. The number of rotatable bonds is 3. The molecule has 0 saturated heterocycles. The largest absolute Gasteiger partial charge is 0.313 e. The highest BCUT2D eigenvalue weighted by Crippen LogP contribution is 2.38. The number of hydrogen-bond acceptors (Lipinski definition) is 3. The molecule has 1 saturated carbocycles. The van der Waals surface area contributed by atoms with Gasteiger partial charge in [0, 0.05) is 27.7 Å². The van der Waals surface area contributed by atoms with Crippen LogP contribution in [0.25, 0.3) is 11.3 Å². The van der Waals surface area contributed by atoms with E-state index in [2.05, 4.69) is 55.1 Å². The van der Waals surface area contributed by atoms with Gasteiger partial charge in [-0.25, -0.2) is 4.99 Å². The maximum Gasteiger partial charge on any atom is 0.190 e. The fourth-order valence-corrected chi connectivity index (χ4v) is 3.86. The standard InChI is InChI=1S/C17H14BrN3S/c18-13-4-1-3-12(9-13)16-11-22-17(21(16)15-6-7-15)20-14-5-2-8-19-10-14/h1-5,8-11,15H,6-7H2. The van der Waals surface area contributed by atoms with Gasteiger partial charge in [-0.15, -0.1) is 11.3 Å². The van der Waals surface area contributed by atoms with E-state index in [4.69, 9.17) is 4.99 Å². The predicted molar refractivity (Wildman–Crippen MR) is 93.2 cm³/mol. The van der Waals surface area contributed by atoms with Crippen molar-refractivity contribution < 1.29 is 0 Å². The monoisotopic (exact) mass is 371 g/mol. The molecular formula is C17H14BrN3S. The highest BCUT2D eigenvalue weighted by molar-refractivity contribution is 9.10. The summed E-state index contributed by atoms with van der Waals surface area (Å²) >= 11 is 5.25. The van der Waals surface area contributed by atoms with Crippen molar-refractivity contribution in [2.24, 2.45) is 4.99 Å². The van der Waals surface area contributed by atoms with E-state index in [-0.39, 0.29) is 0 Å². The first-order valence-corrected chi connectivity index (χ1v) is 8.89. The van der Waals surface area contributed by atoms with Crippen molar-refractivity contribution >= 4 is 33.0 Å². The second-order valence-electron chi connectivity index (χ2n) is 5.34. The summed E-state index contributed by atoms with van der Waals surface area (Å²) in [6.07, 6.45) is 6.04. The van der Waals surface area contributed by atoms with Gasteiger partial charge in [-0.05, 0) is 37.1 Å². The Hall–Kier alpha value is -1.72. The summed E-state index contributed by atoms with van der Waals surface area (Å²) in [6.45, 7) is 0. The molecule has 0 spiro atoms. The summed E-state index contributed by atoms with van der Waals surface area (Å²) in [4.78, 5) is 9.97. The number of nitrogens with zero attached hydrogens (tertiary/aromatic N) is 3. The quantitative estimate of drug-likeness (QED) is 0.640. The first-order valence-electron chi connectivity index (χ1n) is 7.22. The SMILES string of the molecule is Brc1cccc(-c2csc(=Nc3cccnc3)n2C2CC2)c1. The van der Waals surface area contributed by atoms with Gasteiger partial charge in [-0.1, -0.05) is 28.1 Å². The normalized spacial score (nSPS) is 15.2. The van der Waals surface area contributed by atoms with Crippen LogP contribution in [-0.2, 0) is 0 Å². The molecule has 110 valence electrons. The van der Waals surface area contributed by atoms with Crippen molar-refractivity contribution in [2.45, 2.75) is 18.9 Å². The molecule has 0 radical (unpaired) electrons. The maximum atomic E-state index is 4.78. The average molecular weight is 372 g/mol. The van der Waals surface area contributed by atoms with Crippen LogP contribution in [0.2, 0.25) is 0 Å². The van der Waals surface area contributed by atoms with Gasteiger partial charge in [0.25, 0.3) is 0 Å². The minimum atomic E-state index is 0.579. The third-order valence-corrected chi connectivity index (χ3v) is 4.98. The van der Waals surface area contributed by atoms with Crippen LogP contribution in [0.4, 0.5) is 5.69 Å². The lowest BCUT2D eigenvalue weighted by atomic mass is 10.2. The Kier molecular flexibility index (Phi) is 3.68. The van der Waals surface area contributed by atoms with E-state index < -0.39 is 0 Å². The van der Waals surface area contributed by atoms with Crippen LogP contribution in [0.1, 0.15) is 18.9 Å². The predicted octanol–water partition coefficient (Wildman–Crippen LogP) is 4.94. The molecular weight excluding hydrogens is 358 g/mol. The number of thiazole rings is 1. The zero-order chi connectivity index (χ0) is 14.9. The van der Waals surface area contributed by atoms with E-state index in [9.17, 15) is 0 Å². The van der Waals surface area contributed by atoms with Gasteiger partial charge in [0.2, 0.25) is 0 Å². The zero-order valence-corrected chi connectivity index (χ0v) is 14.2. The van der Waals surface area contributed by atoms with Crippen LogP contribution in [0.5, 0.6) is 0 Å². The molecule has 0 atom stereocenters. The van der Waals surface area contributed by atoms with Crippen molar-refractivity contribution in [3.8, 4) is 11.3 Å². The third-order valence-electron chi connectivity index (χ3n) is 3.64. The second-order valence-corrected chi connectivity index (χ2v) is 7.09. The molecule has 4 rings (SSSR count). The number of hydrogen-bond donors (Lipinski definition) is 0. The van der Waals surface area contributed by atoms with Gasteiger partial charge in [-0.3, -0.25) is 4.98 Å². The van der Waals surface area contributed by atoms with Crippen LogP contribution in [0, 0.1) is 0 Å². The Balaban J connectivity index is 1.86. The lowest BCUT2D eigenvalue weighted by Gasteiger charge is -2.08. The van der Waals surface area contributed by atoms with Crippen molar-refractivity contribution in [3.05, 3.63) is 63.4 Å². The van der Waals surface area contributed by atoms with E-state index in [1.165, 1.54) is 24.1 Å². The first-order chi connectivity index (χ1) is 10.8. The highest BCUT2D eigenvalue weighted by Gasteiger charge is 2.27. The van der Waals surface area contributed by atoms with E-state index in [0.717, 1.165) is 15.0 Å². The first kappa shape index (κ1) is 13.9. The van der Waals surface area contributed by atoms with Gasteiger partial charge in [-0.2, -0.15) is 0 Å². The van der Waals surface area contributed by atoms with Crippen LogP contribution in [0.3, 0.4) is 0 Å². The van der Waals surface area contributed by atoms with Crippen LogP contribution in [0.15, 0.2) is 63.6 Å². The van der Waals surface area contributed by atoms with Crippen LogP contribution in [-0.4, -0.2) is 9.55 Å². The van der Waals surface area contributed by atoms with E-state index in [1.807, 2.05) is 12.1 Å². The van der Waals surface area contributed by atoms with Crippen molar-refractivity contribution in [1.29, 1.82) is 0 Å². The summed E-state index contributed by atoms with van der Waals surface area (Å²) < 4.78 is 3.48. The summed E-state index contributed by atoms with van der Waals surface area (Å²) in [5.41, 5.74) is 3.38. The minimum Gasteiger partial charge on any atom is -0.313 e. The topological polar surface area (TPSA) is 30.2 Å². The molecule has 0 bridgehead atoms. The molecule has 1 aliphatic rings. The van der Waals surface area contributed by atoms with Crippen molar-refractivity contribution in [3.63, 3.8) is 0 Å². The van der Waals surface area contributed by atoms with Crippen molar-refractivity contribution in [2.75, 3.05) is 0 Å². The summed E-state index contributed by atoms with van der Waals surface area (Å²) in [5.74, 6) is 0. The van der Waals surface area contributed by atoms with Crippen LogP contribution < -0.4 is 4.80 Å². The lowest BCUT2D eigenvalue weighted by molar-refractivity contribution is 0.724. The number of halogens is 1. The molecule has 22 heavy (non-hydrogen) atoms. The molecule has 2 heterocycles. The Morgan fingerprint density at radius 1 is 1.23 bits per heavy atom.